The summed E-state index contributed by atoms with van der Waals surface area (Å²) in [4.78, 5) is 24.7. The summed E-state index contributed by atoms with van der Waals surface area (Å²) in [5.74, 6) is -1.92. The SMILES string of the molecule is C=CC1CC[C@H](C=C)C1(CC(C(=O)OC)C(=O)OC)c1ccc(Br)cc1. The number of carbonyl (C=O) groups is 2. The van der Waals surface area contributed by atoms with Crippen LogP contribution in [0.1, 0.15) is 24.8 Å². The minimum Gasteiger partial charge on any atom is -0.468 e. The average molecular weight is 421 g/mol. The van der Waals surface area contributed by atoms with Gasteiger partial charge in [-0.3, -0.25) is 9.59 Å². The van der Waals surface area contributed by atoms with Crippen molar-refractivity contribution in [1.82, 2.24) is 0 Å². The molecule has 0 heterocycles. The lowest BCUT2D eigenvalue weighted by atomic mass is 9.62. The molecule has 1 aliphatic rings. The van der Waals surface area contributed by atoms with Crippen LogP contribution in [0.15, 0.2) is 54.0 Å². The Labute approximate surface area is 163 Å². The third kappa shape index (κ3) is 3.63. The van der Waals surface area contributed by atoms with E-state index >= 15 is 0 Å². The molecule has 26 heavy (non-hydrogen) atoms. The Morgan fingerprint density at radius 2 is 1.58 bits per heavy atom. The molecule has 0 N–H and O–H groups in total. The van der Waals surface area contributed by atoms with Crippen molar-refractivity contribution in [2.75, 3.05) is 14.2 Å². The number of ether oxygens (including phenoxy) is 2. The van der Waals surface area contributed by atoms with Crippen LogP contribution in [0.4, 0.5) is 0 Å². The van der Waals surface area contributed by atoms with Gasteiger partial charge in [0, 0.05) is 9.89 Å². The monoisotopic (exact) mass is 420 g/mol. The lowest BCUT2D eigenvalue weighted by Gasteiger charge is -2.40. The van der Waals surface area contributed by atoms with E-state index in [-0.39, 0.29) is 11.8 Å². The maximum atomic E-state index is 12.3. The molecule has 1 saturated carbocycles. The zero-order chi connectivity index (χ0) is 19.3. The largest absolute Gasteiger partial charge is 0.468 e. The highest BCUT2D eigenvalue weighted by atomic mass is 79.9. The first-order valence-corrected chi connectivity index (χ1v) is 9.40. The second kappa shape index (κ2) is 8.67. The average Bonchev–Trinajstić information content (AvgIpc) is 3.03. The van der Waals surface area contributed by atoms with Crippen LogP contribution >= 0.6 is 15.9 Å². The van der Waals surface area contributed by atoms with Crippen LogP contribution in [0.3, 0.4) is 0 Å². The van der Waals surface area contributed by atoms with Crippen LogP contribution in [0.2, 0.25) is 0 Å². The summed E-state index contributed by atoms with van der Waals surface area (Å²) in [6.45, 7) is 8.02. The molecular formula is C21H25BrO4. The molecular weight excluding hydrogens is 396 g/mol. The van der Waals surface area contributed by atoms with Crippen LogP contribution in [0.25, 0.3) is 0 Å². The molecule has 140 valence electrons. The van der Waals surface area contributed by atoms with Crippen molar-refractivity contribution in [1.29, 1.82) is 0 Å². The fraction of sp³-hybridized carbons (Fsp3) is 0.429. The number of esters is 2. The summed E-state index contributed by atoms with van der Waals surface area (Å²) in [6.07, 6.45) is 5.99. The van der Waals surface area contributed by atoms with Gasteiger partial charge in [0.15, 0.2) is 5.92 Å². The number of carbonyl (C=O) groups excluding carboxylic acids is 2. The minimum absolute atomic E-state index is 0.114. The van der Waals surface area contributed by atoms with E-state index in [2.05, 4.69) is 29.1 Å². The minimum atomic E-state index is -0.989. The van der Waals surface area contributed by atoms with Crippen LogP contribution in [0, 0.1) is 17.8 Å². The van der Waals surface area contributed by atoms with E-state index in [0.29, 0.717) is 6.42 Å². The number of hydrogen-bond donors (Lipinski definition) is 0. The summed E-state index contributed by atoms with van der Waals surface area (Å²) >= 11 is 3.47. The first-order valence-electron chi connectivity index (χ1n) is 8.61. The number of allylic oxidation sites excluding steroid dienone is 2. The number of halogens is 1. The summed E-state index contributed by atoms with van der Waals surface area (Å²) in [5, 5.41) is 0. The predicted molar refractivity (Wildman–Crippen MR) is 105 cm³/mol. The van der Waals surface area contributed by atoms with Crippen LogP contribution in [-0.4, -0.2) is 26.2 Å². The molecule has 0 amide bonds. The second-order valence-corrected chi connectivity index (χ2v) is 7.53. The van der Waals surface area contributed by atoms with E-state index in [1.54, 1.807) is 0 Å². The van der Waals surface area contributed by atoms with Crippen LogP contribution in [-0.2, 0) is 24.5 Å². The Hall–Kier alpha value is -1.88. The van der Waals surface area contributed by atoms with Crippen LogP contribution < -0.4 is 0 Å². The molecule has 1 aromatic carbocycles. The fourth-order valence-corrected chi connectivity index (χ4v) is 4.56. The maximum absolute atomic E-state index is 12.3. The Bertz CT molecular complexity index is 648. The van der Waals surface area contributed by atoms with Gasteiger partial charge in [0.1, 0.15) is 0 Å². The van der Waals surface area contributed by atoms with Gasteiger partial charge >= 0.3 is 11.9 Å². The highest BCUT2D eigenvalue weighted by molar-refractivity contribution is 9.10. The van der Waals surface area contributed by atoms with Gasteiger partial charge in [-0.2, -0.15) is 0 Å². The number of hydrogen-bond acceptors (Lipinski definition) is 4. The molecule has 4 nitrogen and oxygen atoms in total. The molecule has 2 unspecified atom stereocenters. The smallest absolute Gasteiger partial charge is 0.320 e. The van der Waals surface area contributed by atoms with Crippen molar-refractivity contribution in [3.05, 3.63) is 59.6 Å². The van der Waals surface area contributed by atoms with Crippen LogP contribution in [0.5, 0.6) is 0 Å². The Morgan fingerprint density at radius 3 is 1.96 bits per heavy atom. The lowest BCUT2D eigenvalue weighted by Crippen LogP contribution is -2.42. The second-order valence-electron chi connectivity index (χ2n) is 6.61. The summed E-state index contributed by atoms with van der Waals surface area (Å²) in [5.41, 5.74) is 0.600. The fourth-order valence-electron chi connectivity index (χ4n) is 4.30. The third-order valence-corrected chi connectivity index (χ3v) is 6.10. The molecule has 2 rings (SSSR count). The number of benzene rings is 1. The Balaban J connectivity index is 2.61. The van der Waals surface area contributed by atoms with Gasteiger partial charge in [0.05, 0.1) is 14.2 Å². The van der Waals surface area contributed by atoms with Gasteiger partial charge in [-0.05, 0) is 48.8 Å². The molecule has 0 saturated heterocycles. The van der Waals surface area contributed by atoms with Crippen molar-refractivity contribution < 1.29 is 19.1 Å². The Morgan fingerprint density at radius 1 is 1.12 bits per heavy atom. The van der Waals surface area contributed by atoms with E-state index in [1.165, 1.54) is 14.2 Å². The maximum Gasteiger partial charge on any atom is 0.320 e. The van der Waals surface area contributed by atoms with E-state index in [0.717, 1.165) is 22.9 Å². The normalized spacial score (nSPS) is 24.9. The van der Waals surface area contributed by atoms with Gasteiger partial charge in [-0.1, -0.05) is 40.2 Å². The lowest BCUT2D eigenvalue weighted by molar-refractivity contribution is -0.160. The quantitative estimate of drug-likeness (QED) is 0.371. The van der Waals surface area contributed by atoms with Gasteiger partial charge in [0.2, 0.25) is 0 Å². The molecule has 0 radical (unpaired) electrons. The topological polar surface area (TPSA) is 52.6 Å². The van der Waals surface area contributed by atoms with Gasteiger partial charge in [-0.15, -0.1) is 13.2 Å². The summed E-state index contributed by atoms with van der Waals surface area (Å²) in [7, 11) is 2.57. The van der Waals surface area contributed by atoms with E-state index in [4.69, 9.17) is 9.47 Å². The van der Waals surface area contributed by atoms with E-state index in [1.807, 2.05) is 36.4 Å². The van der Waals surface area contributed by atoms with Crippen molar-refractivity contribution in [2.24, 2.45) is 17.8 Å². The predicted octanol–water partition coefficient (Wildman–Crippen LogP) is 4.44. The molecule has 1 fully saturated rings. The molecule has 3 atom stereocenters. The molecule has 0 aliphatic heterocycles. The first-order chi connectivity index (χ1) is 12.4. The first kappa shape index (κ1) is 20.4. The third-order valence-electron chi connectivity index (χ3n) is 5.58. The molecule has 5 heteroatoms. The summed E-state index contributed by atoms with van der Waals surface area (Å²) < 4.78 is 10.7. The summed E-state index contributed by atoms with van der Waals surface area (Å²) in [6, 6.07) is 8.02. The van der Waals surface area contributed by atoms with E-state index < -0.39 is 23.3 Å². The highest BCUT2D eigenvalue weighted by Crippen LogP contribution is 2.54. The van der Waals surface area contributed by atoms with Gasteiger partial charge in [0.25, 0.3) is 0 Å². The molecule has 0 bridgehead atoms. The number of rotatable bonds is 7. The Kier molecular flexibility index (Phi) is 6.81. The van der Waals surface area contributed by atoms with Crippen molar-refractivity contribution in [2.45, 2.75) is 24.7 Å². The van der Waals surface area contributed by atoms with Crippen molar-refractivity contribution in [3.8, 4) is 0 Å². The highest BCUT2D eigenvalue weighted by Gasteiger charge is 2.52. The zero-order valence-corrected chi connectivity index (χ0v) is 16.8. The molecule has 1 aliphatic carbocycles. The van der Waals surface area contributed by atoms with Crippen molar-refractivity contribution in [3.63, 3.8) is 0 Å². The molecule has 0 spiro atoms. The zero-order valence-electron chi connectivity index (χ0n) is 15.2. The molecule has 0 aromatic heterocycles. The molecule has 1 aromatic rings. The standard InChI is InChI=1S/C21H25BrO4/c1-5-14-7-8-15(6-2)21(14,16-9-11-17(22)12-10-16)13-18(19(23)25-3)20(24)26-4/h5-6,9-12,14-15,18H,1-2,7-8,13H2,3-4H3/t14-,15?,21?/m0/s1. The van der Waals surface area contributed by atoms with Crippen molar-refractivity contribution >= 4 is 27.9 Å². The van der Waals surface area contributed by atoms with Gasteiger partial charge in [-0.25, -0.2) is 0 Å². The van der Waals surface area contributed by atoms with Gasteiger partial charge < -0.3 is 9.47 Å². The van der Waals surface area contributed by atoms with E-state index in [9.17, 15) is 9.59 Å². The number of methoxy groups -OCH3 is 2.